The Bertz CT molecular complexity index is 630. The maximum absolute atomic E-state index is 12.6. The van der Waals surface area contributed by atoms with E-state index in [4.69, 9.17) is 4.42 Å². The second kappa shape index (κ2) is 4.46. The van der Waals surface area contributed by atoms with Gasteiger partial charge < -0.3 is 14.4 Å². The Balaban J connectivity index is 2.05. The van der Waals surface area contributed by atoms with Gasteiger partial charge in [-0.2, -0.15) is 0 Å². The van der Waals surface area contributed by atoms with Crippen molar-refractivity contribution in [3.8, 4) is 5.75 Å². The largest absolute Gasteiger partial charge is 0.506 e. The molecule has 0 unspecified atom stereocenters. The molecule has 0 bridgehead atoms. The first-order chi connectivity index (χ1) is 9.18. The molecule has 3 rings (SSSR count). The molecule has 0 spiro atoms. The van der Waals surface area contributed by atoms with Crippen LogP contribution in [0, 0.1) is 6.92 Å². The van der Waals surface area contributed by atoms with Gasteiger partial charge in [-0.1, -0.05) is 12.1 Å². The minimum atomic E-state index is -0.117. The predicted molar refractivity (Wildman–Crippen MR) is 71.5 cm³/mol. The SMILES string of the molecule is Cc1occc1C(=O)N1CCCc2cccc(O)c21. The number of benzene rings is 1. The van der Waals surface area contributed by atoms with Gasteiger partial charge in [0.2, 0.25) is 0 Å². The molecule has 4 nitrogen and oxygen atoms in total. The Hall–Kier alpha value is -2.23. The Morgan fingerprint density at radius 2 is 2.21 bits per heavy atom. The zero-order valence-corrected chi connectivity index (χ0v) is 10.7. The summed E-state index contributed by atoms with van der Waals surface area (Å²) in [5, 5.41) is 10.0. The Kier molecular flexibility index (Phi) is 2.78. The fraction of sp³-hybridized carbons (Fsp3) is 0.267. The number of fused-ring (bicyclic) bond motifs is 1. The van der Waals surface area contributed by atoms with Crippen LogP contribution in [0.1, 0.15) is 28.1 Å². The molecule has 0 aliphatic carbocycles. The lowest BCUT2D eigenvalue weighted by molar-refractivity contribution is 0.0983. The zero-order chi connectivity index (χ0) is 13.4. The molecule has 0 atom stereocenters. The lowest BCUT2D eigenvalue weighted by Gasteiger charge is -2.29. The van der Waals surface area contributed by atoms with Crippen molar-refractivity contribution < 1.29 is 14.3 Å². The van der Waals surface area contributed by atoms with Gasteiger partial charge in [-0.15, -0.1) is 0 Å². The van der Waals surface area contributed by atoms with E-state index in [-0.39, 0.29) is 11.7 Å². The second-order valence-corrected chi connectivity index (χ2v) is 4.74. The fourth-order valence-electron chi connectivity index (χ4n) is 2.59. The van der Waals surface area contributed by atoms with E-state index in [1.54, 1.807) is 24.0 Å². The Labute approximate surface area is 111 Å². The van der Waals surface area contributed by atoms with Gasteiger partial charge in [0.25, 0.3) is 5.91 Å². The highest BCUT2D eigenvalue weighted by atomic mass is 16.3. The predicted octanol–water partition coefficient (Wildman–Crippen LogP) is 2.89. The van der Waals surface area contributed by atoms with Gasteiger partial charge in [0.05, 0.1) is 17.5 Å². The van der Waals surface area contributed by atoms with Gasteiger partial charge >= 0.3 is 0 Å². The summed E-state index contributed by atoms with van der Waals surface area (Å²) in [5.41, 5.74) is 2.20. The highest BCUT2D eigenvalue weighted by Gasteiger charge is 2.27. The average Bonchev–Trinajstić information content (AvgIpc) is 2.84. The summed E-state index contributed by atoms with van der Waals surface area (Å²) in [7, 11) is 0. The minimum Gasteiger partial charge on any atom is -0.506 e. The van der Waals surface area contributed by atoms with E-state index in [0.717, 1.165) is 18.4 Å². The van der Waals surface area contributed by atoms with E-state index in [9.17, 15) is 9.90 Å². The topological polar surface area (TPSA) is 53.7 Å². The van der Waals surface area contributed by atoms with Gasteiger partial charge in [-0.05, 0) is 37.5 Å². The summed E-state index contributed by atoms with van der Waals surface area (Å²) in [4.78, 5) is 14.2. The van der Waals surface area contributed by atoms with Gasteiger partial charge in [0.15, 0.2) is 0 Å². The standard InChI is InChI=1S/C15H15NO3/c1-10-12(7-9-19-10)15(18)16-8-3-5-11-4-2-6-13(17)14(11)16/h2,4,6-7,9,17H,3,5,8H2,1H3. The molecule has 1 aliphatic heterocycles. The normalized spacial score (nSPS) is 14.3. The monoisotopic (exact) mass is 257 g/mol. The number of para-hydroxylation sites is 1. The average molecular weight is 257 g/mol. The molecule has 1 aliphatic rings. The number of amides is 1. The molecule has 1 aromatic carbocycles. The molecule has 1 aromatic heterocycles. The van der Waals surface area contributed by atoms with Crippen LogP contribution in [0.2, 0.25) is 0 Å². The molecule has 19 heavy (non-hydrogen) atoms. The third kappa shape index (κ3) is 1.89. The smallest absolute Gasteiger partial charge is 0.261 e. The number of anilines is 1. The molecule has 98 valence electrons. The maximum atomic E-state index is 12.6. The van der Waals surface area contributed by atoms with Crippen LogP contribution in [0.25, 0.3) is 0 Å². The van der Waals surface area contributed by atoms with Crippen LogP contribution in [0.15, 0.2) is 34.9 Å². The van der Waals surface area contributed by atoms with E-state index >= 15 is 0 Å². The van der Waals surface area contributed by atoms with Crippen LogP contribution < -0.4 is 4.90 Å². The van der Waals surface area contributed by atoms with Crippen LogP contribution in [0.4, 0.5) is 5.69 Å². The molecule has 2 aromatic rings. The highest BCUT2D eigenvalue weighted by molar-refractivity contribution is 6.08. The number of rotatable bonds is 1. The third-order valence-corrected chi connectivity index (χ3v) is 3.53. The molecule has 0 saturated carbocycles. The number of aryl methyl sites for hydroxylation is 2. The number of phenols is 1. The fourth-order valence-corrected chi connectivity index (χ4v) is 2.59. The quantitative estimate of drug-likeness (QED) is 0.854. The number of carbonyl (C=O) groups excluding carboxylic acids is 1. The lowest BCUT2D eigenvalue weighted by atomic mass is 10.00. The summed E-state index contributed by atoms with van der Waals surface area (Å²) in [6, 6.07) is 7.06. The van der Waals surface area contributed by atoms with Crippen LogP contribution in [-0.2, 0) is 6.42 Å². The van der Waals surface area contributed by atoms with Crippen molar-refractivity contribution in [2.24, 2.45) is 0 Å². The van der Waals surface area contributed by atoms with E-state index in [1.807, 2.05) is 12.1 Å². The van der Waals surface area contributed by atoms with Crippen LogP contribution in [0.5, 0.6) is 5.75 Å². The number of aromatic hydroxyl groups is 1. The molecule has 2 heterocycles. The highest BCUT2D eigenvalue weighted by Crippen LogP contribution is 2.36. The van der Waals surface area contributed by atoms with Crippen molar-refractivity contribution >= 4 is 11.6 Å². The molecule has 4 heteroatoms. The second-order valence-electron chi connectivity index (χ2n) is 4.74. The van der Waals surface area contributed by atoms with Crippen molar-refractivity contribution in [3.63, 3.8) is 0 Å². The number of hydrogen-bond donors (Lipinski definition) is 1. The Morgan fingerprint density at radius 3 is 2.95 bits per heavy atom. The van der Waals surface area contributed by atoms with Crippen molar-refractivity contribution in [1.82, 2.24) is 0 Å². The first-order valence-electron chi connectivity index (χ1n) is 6.35. The van der Waals surface area contributed by atoms with E-state index in [0.29, 0.717) is 23.6 Å². The number of phenolic OH excluding ortho intramolecular Hbond substituents is 1. The molecule has 0 radical (unpaired) electrons. The molecular formula is C15H15NO3. The van der Waals surface area contributed by atoms with E-state index in [1.165, 1.54) is 6.26 Å². The van der Waals surface area contributed by atoms with Gasteiger partial charge in [0.1, 0.15) is 11.5 Å². The number of furan rings is 1. The number of hydrogen-bond acceptors (Lipinski definition) is 3. The summed E-state index contributed by atoms with van der Waals surface area (Å²) in [6.07, 6.45) is 3.30. The van der Waals surface area contributed by atoms with E-state index in [2.05, 4.69) is 0 Å². The molecule has 1 amide bonds. The third-order valence-electron chi connectivity index (χ3n) is 3.53. The maximum Gasteiger partial charge on any atom is 0.261 e. The molecule has 0 fully saturated rings. The number of carbonyl (C=O) groups is 1. The first kappa shape index (κ1) is 11.8. The van der Waals surface area contributed by atoms with Gasteiger partial charge in [-0.25, -0.2) is 0 Å². The van der Waals surface area contributed by atoms with Gasteiger partial charge in [0, 0.05) is 6.54 Å². The van der Waals surface area contributed by atoms with Crippen molar-refractivity contribution in [1.29, 1.82) is 0 Å². The molecule has 1 N–H and O–H groups in total. The summed E-state index contributed by atoms with van der Waals surface area (Å²) >= 11 is 0. The first-order valence-corrected chi connectivity index (χ1v) is 6.35. The molecular weight excluding hydrogens is 242 g/mol. The summed E-state index contributed by atoms with van der Waals surface area (Å²) in [6.45, 7) is 2.39. The van der Waals surface area contributed by atoms with Crippen LogP contribution in [-0.4, -0.2) is 17.6 Å². The molecule has 0 saturated heterocycles. The minimum absolute atomic E-state index is 0.117. The van der Waals surface area contributed by atoms with E-state index < -0.39 is 0 Å². The van der Waals surface area contributed by atoms with Crippen LogP contribution in [0.3, 0.4) is 0 Å². The van der Waals surface area contributed by atoms with Crippen molar-refractivity contribution in [3.05, 3.63) is 47.4 Å². The lowest BCUT2D eigenvalue weighted by Crippen LogP contribution is -2.35. The van der Waals surface area contributed by atoms with Crippen molar-refractivity contribution in [2.45, 2.75) is 19.8 Å². The van der Waals surface area contributed by atoms with Crippen LogP contribution >= 0.6 is 0 Å². The summed E-state index contributed by atoms with van der Waals surface area (Å²) < 4.78 is 5.18. The zero-order valence-electron chi connectivity index (χ0n) is 10.7. The number of nitrogens with zero attached hydrogens (tertiary/aromatic N) is 1. The Morgan fingerprint density at radius 1 is 1.37 bits per heavy atom. The van der Waals surface area contributed by atoms with Crippen molar-refractivity contribution in [2.75, 3.05) is 11.4 Å². The summed E-state index contributed by atoms with van der Waals surface area (Å²) in [5.74, 6) is 0.646. The van der Waals surface area contributed by atoms with Gasteiger partial charge in [-0.3, -0.25) is 4.79 Å².